The van der Waals surface area contributed by atoms with Crippen LogP contribution in [0.2, 0.25) is 0 Å². The first-order valence-corrected chi connectivity index (χ1v) is 9.40. The summed E-state index contributed by atoms with van der Waals surface area (Å²) in [5, 5.41) is 10.3. The number of ether oxygens (including phenoxy) is 3. The molecule has 0 saturated heterocycles. The zero-order valence-electron chi connectivity index (χ0n) is 17.1. The largest absolute Gasteiger partial charge is 0.512 e. The van der Waals surface area contributed by atoms with E-state index in [9.17, 15) is 19.5 Å². The van der Waals surface area contributed by atoms with Crippen molar-refractivity contribution in [3.05, 3.63) is 47.2 Å². The number of hydrogen-bond acceptors (Lipinski definition) is 7. The first-order valence-electron chi connectivity index (χ1n) is 9.40. The Morgan fingerprint density at radius 3 is 2.38 bits per heavy atom. The number of esters is 2. The monoisotopic (exact) mass is 405 g/mol. The fourth-order valence-corrected chi connectivity index (χ4v) is 2.76. The van der Waals surface area contributed by atoms with Gasteiger partial charge in [0.2, 0.25) is 0 Å². The van der Waals surface area contributed by atoms with Crippen LogP contribution in [0, 0.1) is 0 Å². The zero-order valence-corrected chi connectivity index (χ0v) is 17.1. The first-order chi connectivity index (χ1) is 13.6. The van der Waals surface area contributed by atoms with Crippen molar-refractivity contribution in [1.29, 1.82) is 0 Å². The lowest BCUT2D eigenvalue weighted by Crippen LogP contribution is -2.51. The van der Waals surface area contributed by atoms with Gasteiger partial charge in [-0.15, -0.1) is 0 Å². The number of aliphatic hydroxyl groups excluding tert-OH is 1. The van der Waals surface area contributed by atoms with E-state index in [4.69, 9.17) is 14.2 Å². The van der Waals surface area contributed by atoms with Gasteiger partial charge in [-0.2, -0.15) is 0 Å². The van der Waals surface area contributed by atoms with Crippen LogP contribution < -0.4 is 0 Å². The van der Waals surface area contributed by atoms with E-state index in [1.165, 1.54) is 0 Å². The SMILES string of the molecule is CCOC(=O)C1=C(O)C[C@@H](C(=O)OC(C)(C)C)N(C(=O)OCc2ccccc2)C1. The Labute approximate surface area is 170 Å². The summed E-state index contributed by atoms with van der Waals surface area (Å²) in [6.07, 6.45) is -1.05. The number of hydrogen-bond donors (Lipinski definition) is 1. The van der Waals surface area contributed by atoms with Gasteiger partial charge in [0.05, 0.1) is 18.7 Å². The predicted octanol–water partition coefficient (Wildman–Crippen LogP) is 3.11. The van der Waals surface area contributed by atoms with Crippen LogP contribution >= 0.6 is 0 Å². The molecule has 158 valence electrons. The van der Waals surface area contributed by atoms with Gasteiger partial charge in [0.1, 0.15) is 24.0 Å². The van der Waals surface area contributed by atoms with E-state index in [1.54, 1.807) is 39.8 Å². The number of nitrogens with zero attached hydrogens (tertiary/aromatic N) is 1. The Balaban J connectivity index is 2.22. The third-order valence-electron chi connectivity index (χ3n) is 4.08. The average Bonchev–Trinajstić information content (AvgIpc) is 2.65. The van der Waals surface area contributed by atoms with Crippen LogP contribution in [0.4, 0.5) is 4.79 Å². The van der Waals surface area contributed by atoms with Crippen molar-refractivity contribution < 1.29 is 33.7 Å². The normalized spacial score (nSPS) is 17.0. The third-order valence-corrected chi connectivity index (χ3v) is 4.08. The highest BCUT2D eigenvalue weighted by Gasteiger charge is 2.41. The van der Waals surface area contributed by atoms with Crippen molar-refractivity contribution in [1.82, 2.24) is 4.90 Å². The van der Waals surface area contributed by atoms with E-state index in [0.717, 1.165) is 10.5 Å². The molecule has 0 aliphatic carbocycles. The van der Waals surface area contributed by atoms with Crippen LogP contribution in [0.15, 0.2) is 41.7 Å². The van der Waals surface area contributed by atoms with Gasteiger partial charge in [0, 0.05) is 6.42 Å². The number of rotatable bonds is 5. The van der Waals surface area contributed by atoms with Gasteiger partial charge in [0.15, 0.2) is 0 Å². The van der Waals surface area contributed by atoms with Gasteiger partial charge in [-0.25, -0.2) is 14.4 Å². The zero-order chi connectivity index (χ0) is 21.6. The summed E-state index contributed by atoms with van der Waals surface area (Å²) in [5.74, 6) is -1.73. The summed E-state index contributed by atoms with van der Waals surface area (Å²) in [6.45, 7) is 6.53. The summed E-state index contributed by atoms with van der Waals surface area (Å²) in [7, 11) is 0. The highest BCUT2D eigenvalue weighted by atomic mass is 16.6. The molecule has 1 atom stereocenters. The lowest BCUT2D eigenvalue weighted by Gasteiger charge is -2.35. The average molecular weight is 405 g/mol. The predicted molar refractivity (Wildman–Crippen MR) is 104 cm³/mol. The van der Waals surface area contributed by atoms with Crippen LogP contribution in [0.3, 0.4) is 0 Å². The second-order valence-electron chi connectivity index (χ2n) is 7.57. The van der Waals surface area contributed by atoms with Gasteiger partial charge in [-0.05, 0) is 33.3 Å². The minimum absolute atomic E-state index is 0.00163. The molecule has 0 aromatic heterocycles. The van der Waals surface area contributed by atoms with Gasteiger partial charge in [-0.1, -0.05) is 30.3 Å². The fourth-order valence-electron chi connectivity index (χ4n) is 2.76. The summed E-state index contributed by atoms with van der Waals surface area (Å²) >= 11 is 0. The van der Waals surface area contributed by atoms with Crippen LogP contribution in [0.1, 0.15) is 39.7 Å². The van der Waals surface area contributed by atoms with Crippen molar-refractivity contribution in [2.45, 2.75) is 52.4 Å². The molecule has 0 fully saturated rings. The Morgan fingerprint density at radius 2 is 1.79 bits per heavy atom. The maximum absolute atomic E-state index is 12.7. The van der Waals surface area contributed by atoms with E-state index in [1.807, 2.05) is 18.2 Å². The second-order valence-corrected chi connectivity index (χ2v) is 7.57. The molecular formula is C21H27NO7. The van der Waals surface area contributed by atoms with Gasteiger partial charge < -0.3 is 19.3 Å². The van der Waals surface area contributed by atoms with Crippen molar-refractivity contribution in [3.63, 3.8) is 0 Å². The molecule has 8 nitrogen and oxygen atoms in total. The number of aliphatic hydroxyl groups is 1. The molecule has 1 aromatic rings. The smallest absolute Gasteiger partial charge is 0.411 e. The third kappa shape index (κ3) is 6.23. The number of amides is 1. The number of benzene rings is 1. The van der Waals surface area contributed by atoms with E-state index >= 15 is 0 Å². The van der Waals surface area contributed by atoms with E-state index in [-0.39, 0.29) is 37.5 Å². The van der Waals surface area contributed by atoms with Crippen molar-refractivity contribution in [2.75, 3.05) is 13.2 Å². The quantitative estimate of drug-likeness (QED) is 0.593. The molecule has 1 amide bonds. The topological polar surface area (TPSA) is 102 Å². The first kappa shape index (κ1) is 22.3. The standard InChI is InChI=1S/C21H27NO7/c1-5-27-18(24)15-12-22(20(26)28-13-14-9-7-6-8-10-14)16(11-17(15)23)19(25)29-21(2,3)4/h6-10,16,23H,5,11-13H2,1-4H3/t16-/m0/s1. The van der Waals surface area contributed by atoms with Gasteiger partial charge in [0.25, 0.3) is 0 Å². The molecule has 0 saturated carbocycles. The van der Waals surface area contributed by atoms with Gasteiger partial charge >= 0.3 is 18.0 Å². The molecule has 8 heteroatoms. The second kappa shape index (κ2) is 9.45. The highest BCUT2D eigenvalue weighted by Crippen LogP contribution is 2.26. The lowest BCUT2D eigenvalue weighted by molar-refractivity contribution is -0.162. The van der Waals surface area contributed by atoms with Crippen LogP contribution in [0.25, 0.3) is 0 Å². The minimum Gasteiger partial charge on any atom is -0.512 e. The molecule has 0 radical (unpaired) electrons. The maximum atomic E-state index is 12.7. The van der Waals surface area contributed by atoms with Crippen molar-refractivity contribution in [2.24, 2.45) is 0 Å². The molecule has 1 aliphatic rings. The Bertz CT molecular complexity index is 780. The minimum atomic E-state index is -1.12. The summed E-state index contributed by atoms with van der Waals surface area (Å²) < 4.78 is 15.6. The lowest BCUT2D eigenvalue weighted by atomic mass is 10.0. The summed E-state index contributed by atoms with van der Waals surface area (Å²) in [4.78, 5) is 38.6. The van der Waals surface area contributed by atoms with Crippen molar-refractivity contribution >= 4 is 18.0 Å². The molecular weight excluding hydrogens is 378 g/mol. The van der Waals surface area contributed by atoms with Gasteiger partial charge in [-0.3, -0.25) is 4.90 Å². The molecule has 1 aliphatic heterocycles. The molecule has 0 spiro atoms. The fraction of sp³-hybridized carbons (Fsp3) is 0.476. The summed E-state index contributed by atoms with van der Waals surface area (Å²) in [5.41, 5.74) is -0.0868. The Morgan fingerprint density at radius 1 is 1.14 bits per heavy atom. The Hall–Kier alpha value is -3.03. The Kier molecular flexibility index (Phi) is 7.25. The van der Waals surface area contributed by atoms with Crippen molar-refractivity contribution in [3.8, 4) is 0 Å². The van der Waals surface area contributed by atoms with E-state index < -0.39 is 29.7 Å². The number of carbonyl (C=O) groups excluding carboxylic acids is 3. The molecule has 0 unspecified atom stereocenters. The van der Waals surface area contributed by atoms with Crippen LogP contribution in [-0.2, 0) is 30.4 Å². The summed E-state index contributed by atoms with van der Waals surface area (Å²) in [6, 6.07) is 7.94. The molecule has 29 heavy (non-hydrogen) atoms. The van der Waals surface area contributed by atoms with Crippen LogP contribution in [-0.4, -0.2) is 52.8 Å². The number of carbonyl (C=O) groups is 3. The highest BCUT2D eigenvalue weighted by molar-refractivity contribution is 5.92. The van der Waals surface area contributed by atoms with E-state index in [2.05, 4.69) is 0 Å². The molecule has 1 heterocycles. The molecule has 0 bridgehead atoms. The van der Waals surface area contributed by atoms with E-state index in [0.29, 0.717) is 0 Å². The molecule has 1 aromatic carbocycles. The molecule has 2 rings (SSSR count). The maximum Gasteiger partial charge on any atom is 0.411 e. The molecule has 1 N–H and O–H groups in total. The van der Waals surface area contributed by atoms with Crippen LogP contribution in [0.5, 0.6) is 0 Å².